The third-order valence-electron chi connectivity index (χ3n) is 4.06. The number of hydrogen-bond acceptors (Lipinski definition) is 4. The van der Waals surface area contributed by atoms with Crippen LogP contribution in [0.1, 0.15) is 24.2 Å². The second-order valence-corrected chi connectivity index (χ2v) is 5.63. The number of aromatic nitrogens is 3. The summed E-state index contributed by atoms with van der Waals surface area (Å²) in [5, 5.41) is 8.34. The zero-order valence-corrected chi connectivity index (χ0v) is 13.6. The number of aromatic amines is 1. The fourth-order valence-electron chi connectivity index (χ4n) is 2.48. The number of likely N-dealkylation sites (N-methyl/N-ethyl adjacent to an activating group) is 1. The summed E-state index contributed by atoms with van der Waals surface area (Å²) in [5.41, 5.74) is 8.19. The summed E-state index contributed by atoms with van der Waals surface area (Å²) in [4.78, 5) is 18.1. The van der Waals surface area contributed by atoms with E-state index >= 15 is 0 Å². The summed E-state index contributed by atoms with van der Waals surface area (Å²) >= 11 is 0. The zero-order valence-electron chi connectivity index (χ0n) is 13.6. The average molecular weight is 321 g/mol. The summed E-state index contributed by atoms with van der Waals surface area (Å²) in [7, 11) is 1.77. The van der Waals surface area contributed by atoms with Crippen molar-refractivity contribution in [3.05, 3.63) is 59.9 Å². The number of fused-ring (bicyclic) bond motifs is 1. The van der Waals surface area contributed by atoms with Gasteiger partial charge in [-0.1, -0.05) is 18.2 Å². The van der Waals surface area contributed by atoms with Crippen LogP contribution in [0.5, 0.6) is 0 Å². The Balaban J connectivity index is 1.76. The molecule has 0 fully saturated rings. The Kier molecular flexibility index (Phi) is 4.29. The molecule has 1 aromatic carbocycles. The van der Waals surface area contributed by atoms with Crippen molar-refractivity contribution in [2.24, 2.45) is 0 Å². The van der Waals surface area contributed by atoms with Gasteiger partial charge in [-0.15, -0.1) is 0 Å². The second-order valence-electron chi connectivity index (χ2n) is 5.63. The van der Waals surface area contributed by atoms with Crippen molar-refractivity contribution >= 4 is 28.7 Å². The van der Waals surface area contributed by atoms with Crippen LogP contribution in [0.2, 0.25) is 0 Å². The van der Waals surface area contributed by atoms with Crippen LogP contribution in [0.4, 0.5) is 5.82 Å². The maximum atomic E-state index is 12.4. The number of nitrogens with two attached hydrogens (primary N) is 1. The van der Waals surface area contributed by atoms with E-state index in [1.165, 1.54) is 6.08 Å². The molecular weight excluding hydrogens is 302 g/mol. The Morgan fingerprint density at radius 1 is 1.29 bits per heavy atom. The largest absolute Gasteiger partial charge is 0.384 e. The molecule has 0 saturated heterocycles. The van der Waals surface area contributed by atoms with Crippen LogP contribution >= 0.6 is 0 Å². The number of H-pyrrole nitrogens is 1. The minimum Gasteiger partial charge on any atom is -0.384 e. The third kappa shape index (κ3) is 3.12. The number of benzene rings is 1. The highest BCUT2D eigenvalue weighted by Gasteiger charge is 2.19. The molecule has 1 atom stereocenters. The van der Waals surface area contributed by atoms with Gasteiger partial charge in [0.25, 0.3) is 0 Å². The number of carbonyl (C=O) groups excluding carboxylic acids is 1. The van der Waals surface area contributed by atoms with Crippen LogP contribution in [0, 0.1) is 0 Å². The van der Waals surface area contributed by atoms with Gasteiger partial charge < -0.3 is 10.6 Å². The van der Waals surface area contributed by atoms with Crippen LogP contribution in [0.15, 0.2) is 48.7 Å². The number of pyridine rings is 1. The molecule has 0 aliphatic rings. The van der Waals surface area contributed by atoms with Crippen molar-refractivity contribution in [3.8, 4) is 0 Å². The number of rotatable bonds is 4. The average Bonchev–Trinajstić information content (AvgIpc) is 3.03. The number of nitrogen functional groups attached to an aromatic ring is 1. The quantitative estimate of drug-likeness (QED) is 0.723. The van der Waals surface area contributed by atoms with Crippen molar-refractivity contribution in [2.45, 2.75) is 13.0 Å². The van der Waals surface area contributed by atoms with Crippen LogP contribution in [-0.4, -0.2) is 33.0 Å². The van der Waals surface area contributed by atoms with Gasteiger partial charge >= 0.3 is 0 Å². The normalized spacial score (nSPS) is 12.6. The van der Waals surface area contributed by atoms with Gasteiger partial charge in [0.05, 0.1) is 17.3 Å². The van der Waals surface area contributed by atoms with Crippen molar-refractivity contribution in [2.75, 3.05) is 12.8 Å². The lowest BCUT2D eigenvalue weighted by Crippen LogP contribution is -2.28. The number of para-hydroxylation sites is 1. The van der Waals surface area contributed by atoms with Crippen molar-refractivity contribution in [3.63, 3.8) is 0 Å². The molecule has 0 aliphatic carbocycles. The van der Waals surface area contributed by atoms with Gasteiger partial charge in [-0.3, -0.25) is 9.89 Å². The van der Waals surface area contributed by atoms with Crippen LogP contribution < -0.4 is 5.73 Å². The van der Waals surface area contributed by atoms with E-state index in [9.17, 15) is 4.79 Å². The molecule has 3 rings (SSSR count). The van der Waals surface area contributed by atoms with Crippen LogP contribution in [-0.2, 0) is 4.79 Å². The number of nitrogens with zero attached hydrogens (tertiary/aromatic N) is 3. The van der Waals surface area contributed by atoms with E-state index in [1.54, 1.807) is 30.3 Å². The Morgan fingerprint density at radius 3 is 2.83 bits per heavy atom. The maximum Gasteiger partial charge on any atom is 0.246 e. The van der Waals surface area contributed by atoms with Crippen molar-refractivity contribution < 1.29 is 4.79 Å². The molecule has 2 aromatic heterocycles. The zero-order chi connectivity index (χ0) is 17.1. The molecule has 3 aromatic rings. The number of hydrogen-bond donors (Lipinski definition) is 2. The third-order valence-corrected chi connectivity index (χ3v) is 4.06. The number of nitrogens with one attached hydrogen (secondary N) is 1. The maximum absolute atomic E-state index is 12.4. The summed E-state index contributed by atoms with van der Waals surface area (Å²) in [5.74, 6) is 0.355. The van der Waals surface area contributed by atoms with Crippen LogP contribution in [0.3, 0.4) is 0 Å². The van der Waals surface area contributed by atoms with Gasteiger partial charge in [0.2, 0.25) is 5.91 Å². The molecule has 6 nitrogen and oxygen atoms in total. The number of carbonyl (C=O) groups is 1. The lowest BCUT2D eigenvalue weighted by atomic mass is 10.1. The van der Waals surface area contributed by atoms with Crippen LogP contribution in [0.25, 0.3) is 17.0 Å². The lowest BCUT2D eigenvalue weighted by Gasteiger charge is -2.23. The first-order valence-electron chi connectivity index (χ1n) is 7.65. The smallest absolute Gasteiger partial charge is 0.246 e. The first-order chi connectivity index (χ1) is 11.6. The van der Waals surface area contributed by atoms with Gasteiger partial charge in [-0.25, -0.2) is 4.98 Å². The molecule has 0 saturated carbocycles. The molecule has 0 spiro atoms. The van der Waals surface area contributed by atoms with E-state index < -0.39 is 0 Å². The van der Waals surface area contributed by atoms with Gasteiger partial charge in [0.15, 0.2) is 0 Å². The van der Waals surface area contributed by atoms with E-state index in [0.717, 1.165) is 22.2 Å². The molecule has 3 N–H and O–H groups in total. The highest BCUT2D eigenvalue weighted by molar-refractivity contribution is 5.92. The SMILES string of the molecule is CC(c1[nH]nc2ccccc12)N(C)C(=O)/C=C/c1ccc(N)nc1. The van der Waals surface area contributed by atoms with Gasteiger partial charge in [0.1, 0.15) is 5.82 Å². The molecule has 1 amide bonds. The topological polar surface area (TPSA) is 87.9 Å². The fourth-order valence-corrected chi connectivity index (χ4v) is 2.48. The highest BCUT2D eigenvalue weighted by atomic mass is 16.2. The van der Waals surface area contributed by atoms with E-state index in [-0.39, 0.29) is 11.9 Å². The highest BCUT2D eigenvalue weighted by Crippen LogP contribution is 2.25. The lowest BCUT2D eigenvalue weighted by molar-refractivity contribution is -0.126. The summed E-state index contributed by atoms with van der Waals surface area (Å²) in [6, 6.07) is 11.2. The van der Waals surface area contributed by atoms with Gasteiger partial charge in [-0.05, 0) is 36.8 Å². The van der Waals surface area contributed by atoms with E-state index in [0.29, 0.717) is 5.82 Å². The Hall–Kier alpha value is -3.15. The first kappa shape index (κ1) is 15.7. The molecule has 24 heavy (non-hydrogen) atoms. The molecule has 0 aliphatic heterocycles. The minimum atomic E-state index is -0.126. The van der Waals surface area contributed by atoms with Gasteiger partial charge in [0, 0.05) is 24.7 Å². The fraction of sp³-hybridized carbons (Fsp3) is 0.167. The molecular formula is C18H19N5O. The summed E-state index contributed by atoms with van der Waals surface area (Å²) in [6.07, 6.45) is 4.89. The molecule has 6 heteroatoms. The van der Waals surface area contributed by atoms with E-state index in [1.807, 2.05) is 37.3 Å². The minimum absolute atomic E-state index is 0.0991. The molecule has 2 heterocycles. The van der Waals surface area contributed by atoms with E-state index in [2.05, 4.69) is 15.2 Å². The van der Waals surface area contributed by atoms with E-state index in [4.69, 9.17) is 5.73 Å². The summed E-state index contributed by atoms with van der Waals surface area (Å²) < 4.78 is 0. The molecule has 122 valence electrons. The molecule has 0 radical (unpaired) electrons. The second kappa shape index (κ2) is 6.54. The Labute approximate surface area is 140 Å². The standard InChI is InChI=1S/C18H19N5O/c1-12(18-14-5-3-4-6-15(14)21-22-18)23(2)17(24)10-8-13-7-9-16(19)20-11-13/h3-12H,1-2H3,(H2,19,20)(H,21,22)/b10-8+. The number of amides is 1. The first-order valence-corrected chi connectivity index (χ1v) is 7.65. The van der Waals surface area contributed by atoms with Crippen molar-refractivity contribution in [1.82, 2.24) is 20.1 Å². The molecule has 0 bridgehead atoms. The van der Waals surface area contributed by atoms with Crippen molar-refractivity contribution in [1.29, 1.82) is 0 Å². The monoisotopic (exact) mass is 321 g/mol. The Morgan fingerprint density at radius 2 is 2.08 bits per heavy atom. The predicted octanol–water partition coefficient (Wildman–Crippen LogP) is 2.77. The predicted molar refractivity (Wildman–Crippen MR) is 95.0 cm³/mol. The van der Waals surface area contributed by atoms with Gasteiger partial charge in [-0.2, -0.15) is 5.10 Å². The molecule has 1 unspecified atom stereocenters. The summed E-state index contributed by atoms with van der Waals surface area (Å²) in [6.45, 7) is 1.97. The Bertz CT molecular complexity index is 882. The number of anilines is 1.